The highest BCUT2D eigenvalue weighted by Crippen LogP contribution is 2.36. The zero-order valence-corrected chi connectivity index (χ0v) is 16.2. The van der Waals surface area contributed by atoms with E-state index in [2.05, 4.69) is 5.32 Å². The van der Waals surface area contributed by atoms with E-state index in [1.165, 1.54) is 11.3 Å². The summed E-state index contributed by atoms with van der Waals surface area (Å²) in [7, 11) is 1.54. The molecule has 0 aliphatic carbocycles. The molecule has 2 heterocycles. The van der Waals surface area contributed by atoms with Crippen LogP contribution in [0.25, 0.3) is 5.57 Å². The number of rotatable bonds is 5. The Morgan fingerprint density at radius 1 is 1.00 bits per heavy atom. The van der Waals surface area contributed by atoms with E-state index in [4.69, 9.17) is 10.00 Å². The van der Waals surface area contributed by atoms with E-state index < -0.39 is 11.8 Å². The number of methoxy groups -OCH3 is 1. The molecule has 2 aromatic carbocycles. The van der Waals surface area contributed by atoms with Crippen LogP contribution in [0, 0.1) is 11.3 Å². The molecule has 0 unspecified atom stereocenters. The van der Waals surface area contributed by atoms with Gasteiger partial charge in [0.15, 0.2) is 0 Å². The lowest BCUT2D eigenvalue weighted by Gasteiger charge is -2.16. The van der Waals surface area contributed by atoms with Crippen LogP contribution in [0.2, 0.25) is 0 Å². The van der Waals surface area contributed by atoms with Gasteiger partial charge < -0.3 is 10.1 Å². The molecule has 0 radical (unpaired) electrons. The van der Waals surface area contributed by atoms with Gasteiger partial charge in [-0.05, 0) is 47.8 Å². The molecular formula is C22H15N3O3S. The molecule has 1 aliphatic rings. The molecule has 1 aromatic heterocycles. The average Bonchev–Trinajstić information content (AvgIpc) is 3.35. The molecule has 6 nitrogen and oxygen atoms in total. The molecule has 29 heavy (non-hydrogen) atoms. The minimum atomic E-state index is -0.464. The maximum absolute atomic E-state index is 13.3. The summed E-state index contributed by atoms with van der Waals surface area (Å²) in [5.41, 5.74) is 1.94. The van der Waals surface area contributed by atoms with Crippen molar-refractivity contribution in [2.45, 2.75) is 0 Å². The fraction of sp³-hybridized carbons (Fsp3) is 0.0455. The first-order valence-electron chi connectivity index (χ1n) is 8.71. The van der Waals surface area contributed by atoms with Crippen molar-refractivity contribution in [3.05, 3.63) is 82.2 Å². The van der Waals surface area contributed by atoms with Crippen molar-refractivity contribution in [2.24, 2.45) is 0 Å². The van der Waals surface area contributed by atoms with Crippen molar-refractivity contribution in [3.8, 4) is 11.8 Å². The lowest BCUT2D eigenvalue weighted by Crippen LogP contribution is -2.32. The largest absolute Gasteiger partial charge is 0.495 e. The number of ether oxygens (including phenoxy) is 1. The van der Waals surface area contributed by atoms with Gasteiger partial charge in [-0.25, -0.2) is 4.90 Å². The standard InChI is InChI=1S/C22H15N3O3S/c1-28-17-6-3-2-5-16(17)24-20-19(18-7-4-12-29-18)21(26)25(22(20)27)15-10-8-14(13-23)9-11-15/h2-12,24H,1H3. The van der Waals surface area contributed by atoms with Gasteiger partial charge in [-0.3, -0.25) is 9.59 Å². The summed E-state index contributed by atoms with van der Waals surface area (Å²) >= 11 is 1.38. The number of nitriles is 1. The molecule has 0 bridgehead atoms. The number of thiophene rings is 1. The lowest BCUT2D eigenvalue weighted by atomic mass is 10.1. The first kappa shape index (κ1) is 18.5. The molecule has 0 saturated carbocycles. The number of nitrogens with one attached hydrogen (secondary N) is 1. The highest BCUT2D eigenvalue weighted by Gasteiger charge is 2.40. The smallest absolute Gasteiger partial charge is 0.282 e. The first-order valence-corrected chi connectivity index (χ1v) is 9.59. The van der Waals surface area contributed by atoms with Gasteiger partial charge in [-0.1, -0.05) is 18.2 Å². The van der Waals surface area contributed by atoms with Crippen molar-refractivity contribution < 1.29 is 14.3 Å². The summed E-state index contributed by atoms with van der Waals surface area (Å²) in [4.78, 5) is 28.3. The molecule has 0 atom stereocenters. The second kappa shape index (κ2) is 7.62. The number of amides is 2. The average molecular weight is 401 g/mol. The van der Waals surface area contributed by atoms with Gasteiger partial charge in [-0.2, -0.15) is 5.26 Å². The van der Waals surface area contributed by atoms with Crippen LogP contribution < -0.4 is 15.0 Å². The Morgan fingerprint density at radius 2 is 1.76 bits per heavy atom. The number of carbonyl (C=O) groups excluding carboxylic acids is 2. The summed E-state index contributed by atoms with van der Waals surface area (Å²) in [5, 5.41) is 13.9. The fourth-order valence-electron chi connectivity index (χ4n) is 3.10. The summed E-state index contributed by atoms with van der Waals surface area (Å²) in [6, 6.07) is 19.2. The van der Waals surface area contributed by atoms with E-state index in [0.717, 1.165) is 4.90 Å². The van der Waals surface area contributed by atoms with Crippen LogP contribution in [0.4, 0.5) is 11.4 Å². The van der Waals surface area contributed by atoms with Crippen LogP contribution in [0.3, 0.4) is 0 Å². The predicted molar refractivity (Wildman–Crippen MR) is 112 cm³/mol. The monoisotopic (exact) mass is 401 g/mol. The Bertz CT molecular complexity index is 1160. The zero-order chi connectivity index (χ0) is 20.4. The highest BCUT2D eigenvalue weighted by molar-refractivity contribution is 7.11. The normalized spacial score (nSPS) is 13.6. The molecular weight excluding hydrogens is 386 g/mol. The van der Waals surface area contributed by atoms with E-state index >= 15 is 0 Å². The number of imide groups is 1. The topological polar surface area (TPSA) is 82.4 Å². The second-order valence-electron chi connectivity index (χ2n) is 6.16. The van der Waals surface area contributed by atoms with Gasteiger partial charge >= 0.3 is 0 Å². The minimum absolute atomic E-state index is 0.186. The molecule has 1 aliphatic heterocycles. The van der Waals surface area contributed by atoms with E-state index in [0.29, 0.717) is 33.1 Å². The molecule has 7 heteroatoms. The fourth-order valence-corrected chi connectivity index (χ4v) is 3.87. The van der Waals surface area contributed by atoms with Crippen molar-refractivity contribution in [3.63, 3.8) is 0 Å². The van der Waals surface area contributed by atoms with E-state index in [1.807, 2.05) is 29.6 Å². The molecule has 0 spiro atoms. The van der Waals surface area contributed by atoms with Crippen LogP contribution in [0.15, 0.2) is 71.7 Å². The summed E-state index contributed by atoms with van der Waals surface area (Å²) < 4.78 is 5.36. The quantitative estimate of drug-likeness (QED) is 0.653. The number of benzene rings is 2. The van der Waals surface area contributed by atoms with Crippen molar-refractivity contribution in [1.82, 2.24) is 0 Å². The van der Waals surface area contributed by atoms with Gasteiger partial charge in [0.2, 0.25) is 0 Å². The van der Waals surface area contributed by atoms with Crippen LogP contribution >= 0.6 is 11.3 Å². The summed E-state index contributed by atoms with van der Waals surface area (Å²) in [6.45, 7) is 0. The van der Waals surface area contributed by atoms with E-state index in [9.17, 15) is 9.59 Å². The van der Waals surface area contributed by atoms with Gasteiger partial charge in [-0.15, -0.1) is 11.3 Å². The second-order valence-corrected chi connectivity index (χ2v) is 7.10. The molecule has 3 aromatic rings. The Balaban J connectivity index is 1.79. The third kappa shape index (κ3) is 3.26. The third-order valence-electron chi connectivity index (χ3n) is 4.47. The number of para-hydroxylation sites is 2. The van der Waals surface area contributed by atoms with Crippen LogP contribution in [0.1, 0.15) is 10.4 Å². The lowest BCUT2D eigenvalue weighted by molar-refractivity contribution is -0.120. The van der Waals surface area contributed by atoms with Gasteiger partial charge in [0.25, 0.3) is 11.8 Å². The molecule has 142 valence electrons. The molecule has 4 rings (SSSR count). The Labute approximate surface area is 171 Å². The molecule has 2 amide bonds. The van der Waals surface area contributed by atoms with Crippen LogP contribution in [0.5, 0.6) is 5.75 Å². The van der Waals surface area contributed by atoms with Gasteiger partial charge in [0.05, 0.1) is 35.7 Å². The molecule has 1 N–H and O–H groups in total. The SMILES string of the molecule is COc1ccccc1NC1=C(c2cccs2)C(=O)N(c2ccc(C#N)cc2)C1=O. The predicted octanol–water partition coefficient (Wildman–Crippen LogP) is 4.02. The maximum Gasteiger partial charge on any atom is 0.282 e. The summed E-state index contributed by atoms with van der Waals surface area (Å²) in [5.74, 6) is -0.323. The molecule has 0 fully saturated rings. The Kier molecular flexibility index (Phi) is 4.85. The third-order valence-corrected chi connectivity index (χ3v) is 5.36. The number of hydrogen-bond donors (Lipinski definition) is 1. The van der Waals surface area contributed by atoms with Crippen LogP contribution in [-0.2, 0) is 9.59 Å². The van der Waals surface area contributed by atoms with E-state index in [1.54, 1.807) is 49.6 Å². The Morgan fingerprint density at radius 3 is 2.41 bits per heavy atom. The van der Waals surface area contributed by atoms with Gasteiger partial charge in [0.1, 0.15) is 11.4 Å². The summed E-state index contributed by atoms with van der Waals surface area (Å²) in [6.07, 6.45) is 0. The first-order chi connectivity index (χ1) is 14.1. The number of carbonyl (C=O) groups is 2. The highest BCUT2D eigenvalue weighted by atomic mass is 32.1. The van der Waals surface area contributed by atoms with Crippen LogP contribution in [-0.4, -0.2) is 18.9 Å². The number of anilines is 2. The van der Waals surface area contributed by atoms with E-state index in [-0.39, 0.29) is 5.70 Å². The molecule has 0 saturated heterocycles. The van der Waals surface area contributed by atoms with Gasteiger partial charge in [0, 0.05) is 4.88 Å². The Hall–Kier alpha value is -3.89. The maximum atomic E-state index is 13.3. The number of nitrogens with zero attached hydrogens (tertiary/aromatic N) is 2. The van der Waals surface area contributed by atoms with Crippen molar-refractivity contribution >= 4 is 40.1 Å². The van der Waals surface area contributed by atoms with Crippen molar-refractivity contribution in [2.75, 3.05) is 17.3 Å². The van der Waals surface area contributed by atoms with Crippen molar-refractivity contribution in [1.29, 1.82) is 5.26 Å². The zero-order valence-electron chi connectivity index (χ0n) is 15.4. The minimum Gasteiger partial charge on any atom is -0.495 e. The number of hydrogen-bond acceptors (Lipinski definition) is 6.